The lowest BCUT2D eigenvalue weighted by molar-refractivity contribution is -0.138. The summed E-state index contributed by atoms with van der Waals surface area (Å²) >= 11 is 13.2. The van der Waals surface area contributed by atoms with Crippen LogP contribution in [0.4, 0.5) is 4.39 Å². The zero-order valence-electron chi connectivity index (χ0n) is 15.5. The minimum absolute atomic E-state index is 0.0968. The summed E-state index contributed by atoms with van der Waals surface area (Å²) in [6, 6.07) is 10.9. The van der Waals surface area contributed by atoms with Gasteiger partial charge in [0.15, 0.2) is 0 Å². The smallest absolute Gasteiger partial charge is 0.242 e. The number of amides is 2. The third-order valence-corrected chi connectivity index (χ3v) is 5.76. The van der Waals surface area contributed by atoms with Crippen LogP contribution in [0.15, 0.2) is 42.5 Å². The van der Waals surface area contributed by atoms with Gasteiger partial charge in [0.1, 0.15) is 11.9 Å². The quantitative estimate of drug-likeness (QED) is 0.653. The number of hydrogen-bond donors (Lipinski definition) is 1. The maximum absolute atomic E-state index is 13.9. The highest BCUT2D eigenvalue weighted by Crippen LogP contribution is 2.24. The Morgan fingerprint density at radius 2 is 1.86 bits per heavy atom. The second-order valence-electron chi connectivity index (χ2n) is 6.13. The highest BCUT2D eigenvalue weighted by atomic mass is 35.5. The second kappa shape index (κ2) is 10.7. The average Bonchev–Trinajstić information content (AvgIpc) is 2.68. The van der Waals surface area contributed by atoms with Crippen LogP contribution in [-0.2, 0) is 21.9 Å². The second-order valence-corrected chi connectivity index (χ2v) is 7.96. The number of halogens is 3. The Labute approximate surface area is 178 Å². The first-order valence-electron chi connectivity index (χ1n) is 8.59. The van der Waals surface area contributed by atoms with E-state index >= 15 is 0 Å². The number of nitrogens with zero attached hydrogens (tertiary/aromatic N) is 1. The number of carbonyl (C=O) groups excluding carboxylic acids is 2. The summed E-state index contributed by atoms with van der Waals surface area (Å²) in [6.45, 7) is 1.94. The molecule has 2 aromatic rings. The SMILES string of the molecule is CNC(=O)[C@@H](C)N(Cc1ccc(Cl)cc1)C(=O)CSCc1c(F)cccc1Cl. The number of carbonyl (C=O) groups is 2. The van der Waals surface area contributed by atoms with E-state index in [4.69, 9.17) is 23.2 Å². The third kappa shape index (κ3) is 6.12. The molecule has 0 unspecified atom stereocenters. The summed E-state index contributed by atoms with van der Waals surface area (Å²) in [5.74, 6) is -0.517. The van der Waals surface area contributed by atoms with Crippen molar-refractivity contribution in [3.63, 3.8) is 0 Å². The summed E-state index contributed by atoms with van der Waals surface area (Å²) in [7, 11) is 1.53. The van der Waals surface area contributed by atoms with Crippen LogP contribution in [0.5, 0.6) is 0 Å². The first-order valence-corrected chi connectivity index (χ1v) is 10.5. The number of nitrogens with one attached hydrogen (secondary N) is 1. The van der Waals surface area contributed by atoms with E-state index in [1.807, 2.05) is 12.1 Å². The van der Waals surface area contributed by atoms with E-state index in [-0.39, 0.29) is 29.9 Å². The molecule has 2 amide bonds. The molecule has 0 aliphatic carbocycles. The summed E-state index contributed by atoms with van der Waals surface area (Å²) in [6.07, 6.45) is 0. The van der Waals surface area contributed by atoms with Crippen molar-refractivity contribution in [2.75, 3.05) is 12.8 Å². The Bertz CT molecular complexity index is 813. The minimum atomic E-state index is -0.647. The van der Waals surface area contributed by atoms with Gasteiger partial charge in [-0.2, -0.15) is 0 Å². The molecule has 28 heavy (non-hydrogen) atoms. The lowest BCUT2D eigenvalue weighted by atomic mass is 10.1. The van der Waals surface area contributed by atoms with Gasteiger partial charge in [-0.3, -0.25) is 9.59 Å². The topological polar surface area (TPSA) is 49.4 Å². The molecule has 1 atom stereocenters. The number of hydrogen-bond acceptors (Lipinski definition) is 3. The van der Waals surface area contributed by atoms with Gasteiger partial charge in [-0.15, -0.1) is 11.8 Å². The average molecular weight is 443 g/mol. The van der Waals surface area contributed by atoms with Crippen molar-refractivity contribution in [3.05, 3.63) is 69.5 Å². The molecule has 0 aromatic heterocycles. The molecular weight excluding hydrogens is 422 g/mol. The van der Waals surface area contributed by atoms with Gasteiger partial charge in [-0.05, 0) is 36.8 Å². The van der Waals surface area contributed by atoms with E-state index in [9.17, 15) is 14.0 Å². The highest BCUT2D eigenvalue weighted by Gasteiger charge is 2.25. The Kier molecular flexibility index (Phi) is 8.60. The zero-order valence-corrected chi connectivity index (χ0v) is 17.9. The molecule has 0 spiro atoms. The molecule has 150 valence electrons. The molecular formula is C20H21Cl2FN2O2S. The van der Waals surface area contributed by atoms with E-state index < -0.39 is 11.9 Å². The molecule has 0 saturated carbocycles. The van der Waals surface area contributed by atoms with Gasteiger partial charge >= 0.3 is 0 Å². The van der Waals surface area contributed by atoms with Crippen LogP contribution >= 0.6 is 35.0 Å². The molecule has 4 nitrogen and oxygen atoms in total. The largest absolute Gasteiger partial charge is 0.357 e. The van der Waals surface area contributed by atoms with Gasteiger partial charge < -0.3 is 10.2 Å². The van der Waals surface area contributed by atoms with Crippen molar-refractivity contribution >= 4 is 46.8 Å². The van der Waals surface area contributed by atoms with E-state index in [1.54, 1.807) is 25.1 Å². The summed E-state index contributed by atoms with van der Waals surface area (Å²) in [5, 5.41) is 3.49. The first kappa shape index (κ1) is 22.5. The van der Waals surface area contributed by atoms with E-state index in [0.717, 1.165) is 5.56 Å². The lowest BCUT2D eigenvalue weighted by Crippen LogP contribution is -2.47. The van der Waals surface area contributed by atoms with Crippen molar-refractivity contribution in [1.82, 2.24) is 10.2 Å². The van der Waals surface area contributed by atoms with Crippen LogP contribution in [0.3, 0.4) is 0 Å². The van der Waals surface area contributed by atoms with Crippen LogP contribution < -0.4 is 5.32 Å². The molecule has 0 bridgehead atoms. The Morgan fingerprint density at radius 1 is 1.18 bits per heavy atom. The number of thioether (sulfide) groups is 1. The van der Waals surface area contributed by atoms with Crippen molar-refractivity contribution in [1.29, 1.82) is 0 Å². The van der Waals surface area contributed by atoms with E-state index in [2.05, 4.69) is 5.32 Å². The molecule has 0 aliphatic heterocycles. The van der Waals surface area contributed by atoms with Gasteiger partial charge in [-0.25, -0.2) is 4.39 Å². The number of rotatable bonds is 8. The minimum Gasteiger partial charge on any atom is -0.357 e. The lowest BCUT2D eigenvalue weighted by Gasteiger charge is -2.28. The molecule has 1 N–H and O–H groups in total. The van der Waals surface area contributed by atoms with Crippen LogP contribution in [0.25, 0.3) is 0 Å². The van der Waals surface area contributed by atoms with Crippen LogP contribution in [-0.4, -0.2) is 35.6 Å². The Morgan fingerprint density at radius 3 is 2.46 bits per heavy atom. The monoisotopic (exact) mass is 442 g/mol. The third-order valence-electron chi connectivity index (χ3n) is 4.21. The van der Waals surface area contributed by atoms with E-state index in [0.29, 0.717) is 15.6 Å². The molecule has 0 fully saturated rings. The fraction of sp³-hybridized carbons (Fsp3) is 0.300. The van der Waals surface area contributed by atoms with Crippen LogP contribution in [0, 0.1) is 5.82 Å². The maximum Gasteiger partial charge on any atom is 0.242 e. The van der Waals surface area contributed by atoms with Gasteiger partial charge in [0.25, 0.3) is 0 Å². The van der Waals surface area contributed by atoms with Crippen molar-refractivity contribution in [3.8, 4) is 0 Å². The molecule has 2 aromatic carbocycles. The number of likely N-dealkylation sites (N-methyl/N-ethyl adjacent to an activating group) is 1. The molecule has 2 rings (SSSR count). The zero-order chi connectivity index (χ0) is 20.7. The predicted octanol–water partition coefficient (Wildman–Crippen LogP) is 4.53. The summed E-state index contributed by atoms with van der Waals surface area (Å²) in [5.41, 5.74) is 1.22. The van der Waals surface area contributed by atoms with Crippen molar-refractivity contribution < 1.29 is 14.0 Å². The van der Waals surface area contributed by atoms with Gasteiger partial charge in [0.2, 0.25) is 11.8 Å². The molecule has 0 heterocycles. The van der Waals surface area contributed by atoms with Crippen LogP contribution in [0.1, 0.15) is 18.1 Å². The van der Waals surface area contributed by atoms with Crippen LogP contribution in [0.2, 0.25) is 10.0 Å². The molecule has 8 heteroatoms. The molecule has 0 aliphatic rings. The Hall–Kier alpha value is -1.76. The summed E-state index contributed by atoms with van der Waals surface area (Å²) in [4.78, 5) is 26.4. The van der Waals surface area contributed by atoms with Crippen molar-refractivity contribution in [2.45, 2.75) is 25.3 Å². The fourth-order valence-electron chi connectivity index (χ4n) is 2.57. The number of benzene rings is 2. The highest BCUT2D eigenvalue weighted by molar-refractivity contribution is 7.99. The van der Waals surface area contributed by atoms with Gasteiger partial charge in [0.05, 0.1) is 5.75 Å². The molecule has 0 radical (unpaired) electrons. The van der Waals surface area contributed by atoms with Gasteiger partial charge in [-0.1, -0.05) is 41.4 Å². The molecule has 0 saturated heterocycles. The standard InChI is InChI=1S/C20H21Cl2FN2O2S/c1-13(20(27)24-2)25(10-14-6-8-15(21)9-7-14)19(26)12-28-11-16-17(22)4-3-5-18(16)23/h3-9,13H,10-12H2,1-2H3,(H,24,27)/t13-/m1/s1. The first-order chi connectivity index (χ1) is 13.3. The fourth-order valence-corrected chi connectivity index (χ4v) is 3.95. The predicted molar refractivity (Wildman–Crippen MR) is 113 cm³/mol. The van der Waals surface area contributed by atoms with Gasteiger partial charge in [0, 0.05) is 35.0 Å². The van der Waals surface area contributed by atoms with E-state index in [1.165, 1.54) is 35.8 Å². The normalized spacial score (nSPS) is 11.8. The maximum atomic E-state index is 13.9. The van der Waals surface area contributed by atoms with Crippen molar-refractivity contribution in [2.24, 2.45) is 0 Å². The Balaban J connectivity index is 2.07. The summed E-state index contributed by atoms with van der Waals surface area (Å²) < 4.78 is 13.9.